The van der Waals surface area contributed by atoms with Gasteiger partial charge in [0.05, 0.1) is 24.0 Å². The lowest BCUT2D eigenvalue weighted by molar-refractivity contribution is 0.415. The number of nitrogens with one attached hydrogen (secondary N) is 2. The van der Waals surface area contributed by atoms with Crippen molar-refractivity contribution in [1.29, 1.82) is 0 Å². The van der Waals surface area contributed by atoms with Gasteiger partial charge in [0.1, 0.15) is 16.5 Å². The van der Waals surface area contributed by atoms with Crippen LogP contribution in [0.3, 0.4) is 0 Å². The molecule has 19 heavy (non-hydrogen) atoms. The number of H-pyrrole nitrogens is 1. The number of hydrogen-bond donors (Lipinski definition) is 3. The van der Waals surface area contributed by atoms with Gasteiger partial charge >= 0.3 is 0 Å². The molecule has 2 rings (SSSR count). The quantitative estimate of drug-likeness (QED) is 0.792. The second kappa shape index (κ2) is 4.98. The van der Waals surface area contributed by atoms with Crippen molar-refractivity contribution in [2.45, 2.75) is 4.90 Å². The zero-order valence-electron chi connectivity index (χ0n) is 9.84. The van der Waals surface area contributed by atoms with Gasteiger partial charge in [-0.15, -0.1) is 0 Å². The first-order valence-corrected chi connectivity index (χ1v) is 6.95. The minimum Gasteiger partial charge on any atom is -0.497 e. The molecule has 0 radical (unpaired) electrons. The van der Waals surface area contributed by atoms with Crippen LogP contribution in [0.4, 0.5) is 11.5 Å². The molecule has 0 atom stereocenters. The van der Waals surface area contributed by atoms with Crippen LogP contribution in [0.1, 0.15) is 0 Å². The van der Waals surface area contributed by atoms with Crippen molar-refractivity contribution in [3.8, 4) is 5.75 Å². The molecular weight excluding hydrogens is 292 g/mol. The second-order valence-electron chi connectivity index (χ2n) is 3.60. The highest BCUT2D eigenvalue weighted by Gasteiger charge is 2.20. The number of ether oxygens (including phenoxy) is 1. The number of anilines is 2. The minimum atomic E-state index is -3.86. The Morgan fingerprint density at radius 1 is 1.47 bits per heavy atom. The van der Waals surface area contributed by atoms with E-state index in [1.54, 1.807) is 6.07 Å². The number of aromatic amines is 1. The summed E-state index contributed by atoms with van der Waals surface area (Å²) in [4.78, 5) is -0.147. The fourth-order valence-corrected chi connectivity index (χ4v) is 2.72. The number of nitrogens with zero attached hydrogens (tertiary/aromatic N) is 1. The standard InChI is InChI=1S/C10H11ClN4O3S/c1-18-6-2-3-7(11)8(4-6)15-19(16,17)9-5-13-14-10(9)12/h2-5,15H,1H3,(H3,12,13,14). The molecule has 9 heteroatoms. The lowest BCUT2D eigenvalue weighted by atomic mass is 10.3. The molecule has 0 saturated carbocycles. The molecule has 102 valence electrons. The molecule has 4 N–H and O–H groups in total. The number of nitrogen functional groups attached to an aromatic ring is 1. The third kappa shape index (κ3) is 2.74. The lowest BCUT2D eigenvalue weighted by Crippen LogP contribution is -2.14. The maximum Gasteiger partial charge on any atom is 0.267 e. The van der Waals surface area contributed by atoms with E-state index in [1.807, 2.05) is 0 Å². The van der Waals surface area contributed by atoms with Gasteiger partial charge in [0, 0.05) is 6.07 Å². The summed E-state index contributed by atoms with van der Waals surface area (Å²) in [6.45, 7) is 0. The summed E-state index contributed by atoms with van der Waals surface area (Å²) in [5, 5.41) is 6.15. The summed E-state index contributed by atoms with van der Waals surface area (Å²) in [6.07, 6.45) is 1.12. The van der Waals surface area contributed by atoms with Gasteiger partial charge in [0.2, 0.25) is 0 Å². The van der Waals surface area contributed by atoms with Gasteiger partial charge < -0.3 is 10.5 Å². The smallest absolute Gasteiger partial charge is 0.267 e. The SMILES string of the molecule is COc1ccc(Cl)c(NS(=O)(=O)c2cn[nH]c2N)c1. The molecule has 0 saturated heterocycles. The molecule has 0 spiro atoms. The van der Waals surface area contributed by atoms with Gasteiger partial charge in [-0.3, -0.25) is 9.82 Å². The molecular formula is C10H11ClN4O3S. The monoisotopic (exact) mass is 302 g/mol. The molecule has 1 aromatic heterocycles. The average molecular weight is 303 g/mol. The Labute approximate surface area is 114 Å². The topological polar surface area (TPSA) is 110 Å². The van der Waals surface area contributed by atoms with E-state index < -0.39 is 10.0 Å². The molecule has 0 aliphatic rings. The molecule has 1 aromatic carbocycles. The number of halogens is 1. The van der Waals surface area contributed by atoms with Crippen LogP contribution >= 0.6 is 11.6 Å². The summed E-state index contributed by atoms with van der Waals surface area (Å²) in [6, 6.07) is 4.61. The molecule has 2 aromatic rings. The molecule has 7 nitrogen and oxygen atoms in total. The zero-order valence-corrected chi connectivity index (χ0v) is 11.4. The van der Waals surface area contributed by atoms with Crippen LogP contribution < -0.4 is 15.2 Å². The Bertz CT molecular complexity index is 699. The highest BCUT2D eigenvalue weighted by molar-refractivity contribution is 7.92. The van der Waals surface area contributed by atoms with Crippen LogP contribution in [0.5, 0.6) is 5.75 Å². The van der Waals surface area contributed by atoms with Crippen molar-refractivity contribution in [3.63, 3.8) is 0 Å². The Kier molecular flexibility index (Phi) is 3.54. The van der Waals surface area contributed by atoms with Crippen LogP contribution in [-0.2, 0) is 10.0 Å². The summed E-state index contributed by atoms with van der Waals surface area (Å²) in [5.74, 6) is 0.425. The van der Waals surface area contributed by atoms with Crippen LogP contribution in [0.2, 0.25) is 5.02 Å². The second-order valence-corrected chi connectivity index (χ2v) is 5.66. The number of rotatable bonds is 4. The first-order valence-electron chi connectivity index (χ1n) is 5.09. The number of hydrogen-bond acceptors (Lipinski definition) is 5. The number of nitrogens with two attached hydrogens (primary N) is 1. The van der Waals surface area contributed by atoms with Gasteiger partial charge in [0.15, 0.2) is 0 Å². The van der Waals surface area contributed by atoms with Crippen molar-refractivity contribution in [3.05, 3.63) is 29.4 Å². The van der Waals surface area contributed by atoms with E-state index in [1.165, 1.54) is 19.2 Å². The predicted molar refractivity (Wildman–Crippen MR) is 71.8 cm³/mol. The van der Waals surface area contributed by atoms with Crippen molar-refractivity contribution in [2.75, 3.05) is 17.6 Å². The van der Waals surface area contributed by atoms with Crippen molar-refractivity contribution >= 4 is 33.1 Å². The maximum absolute atomic E-state index is 12.1. The first-order chi connectivity index (χ1) is 8.94. The van der Waals surface area contributed by atoms with E-state index in [0.717, 1.165) is 6.20 Å². The van der Waals surface area contributed by atoms with Crippen molar-refractivity contribution in [1.82, 2.24) is 10.2 Å². The van der Waals surface area contributed by atoms with E-state index in [9.17, 15) is 8.42 Å². The first kappa shape index (κ1) is 13.5. The van der Waals surface area contributed by atoms with Crippen LogP contribution in [0.15, 0.2) is 29.3 Å². The Morgan fingerprint density at radius 3 is 2.79 bits per heavy atom. The lowest BCUT2D eigenvalue weighted by Gasteiger charge is -2.10. The number of methoxy groups -OCH3 is 1. The molecule has 0 unspecified atom stereocenters. The molecule has 0 fully saturated rings. The van der Waals surface area contributed by atoms with Crippen LogP contribution in [0, 0.1) is 0 Å². The van der Waals surface area contributed by atoms with E-state index >= 15 is 0 Å². The zero-order chi connectivity index (χ0) is 14.0. The Morgan fingerprint density at radius 2 is 2.21 bits per heavy atom. The predicted octanol–water partition coefficient (Wildman–Crippen LogP) is 1.45. The summed E-state index contributed by atoms with van der Waals surface area (Å²) < 4.78 is 31.5. The van der Waals surface area contributed by atoms with E-state index in [0.29, 0.717) is 5.75 Å². The van der Waals surface area contributed by atoms with Gasteiger partial charge in [-0.25, -0.2) is 8.42 Å². The molecule has 1 heterocycles. The number of benzene rings is 1. The van der Waals surface area contributed by atoms with Crippen molar-refractivity contribution < 1.29 is 13.2 Å². The normalized spacial score (nSPS) is 11.3. The van der Waals surface area contributed by atoms with Gasteiger partial charge in [-0.1, -0.05) is 11.6 Å². The summed E-state index contributed by atoms with van der Waals surface area (Å²) in [7, 11) is -2.39. The third-order valence-electron chi connectivity index (χ3n) is 2.34. The maximum atomic E-state index is 12.1. The van der Waals surface area contributed by atoms with Crippen LogP contribution in [-0.4, -0.2) is 25.7 Å². The third-order valence-corrected chi connectivity index (χ3v) is 4.06. The molecule has 0 aliphatic carbocycles. The van der Waals surface area contributed by atoms with E-state index in [4.69, 9.17) is 22.1 Å². The van der Waals surface area contributed by atoms with Gasteiger partial charge in [0.25, 0.3) is 10.0 Å². The van der Waals surface area contributed by atoms with Crippen molar-refractivity contribution in [2.24, 2.45) is 0 Å². The number of sulfonamides is 1. The number of aromatic nitrogens is 2. The average Bonchev–Trinajstić information content (AvgIpc) is 2.79. The Hall–Kier alpha value is -1.93. The fraction of sp³-hybridized carbons (Fsp3) is 0.100. The minimum absolute atomic E-state index is 0.0495. The van der Waals surface area contributed by atoms with Gasteiger partial charge in [-0.05, 0) is 12.1 Å². The van der Waals surface area contributed by atoms with Crippen LogP contribution in [0.25, 0.3) is 0 Å². The highest BCUT2D eigenvalue weighted by Crippen LogP contribution is 2.29. The van der Waals surface area contributed by atoms with E-state index in [-0.39, 0.29) is 21.4 Å². The van der Waals surface area contributed by atoms with Gasteiger partial charge in [-0.2, -0.15) is 5.10 Å². The molecule has 0 bridgehead atoms. The largest absolute Gasteiger partial charge is 0.497 e. The van der Waals surface area contributed by atoms with E-state index in [2.05, 4.69) is 14.9 Å². The highest BCUT2D eigenvalue weighted by atomic mass is 35.5. The molecule has 0 aliphatic heterocycles. The summed E-state index contributed by atoms with van der Waals surface area (Å²) in [5.41, 5.74) is 5.68. The fourth-order valence-electron chi connectivity index (χ4n) is 1.41. The molecule has 0 amide bonds. The summed E-state index contributed by atoms with van der Waals surface area (Å²) >= 11 is 5.92. The Balaban J connectivity index is 2.38.